The Morgan fingerprint density at radius 2 is 1.69 bits per heavy atom. The molecule has 3 aromatic rings. The van der Waals surface area contributed by atoms with Crippen molar-refractivity contribution in [3.63, 3.8) is 0 Å². The minimum atomic E-state index is -0.340. The molecular weight excluding hydrogens is 328 g/mol. The number of H-pyrrole nitrogens is 1. The van der Waals surface area contributed by atoms with Crippen molar-refractivity contribution in [2.75, 3.05) is 5.32 Å². The van der Waals surface area contributed by atoms with Crippen molar-refractivity contribution in [1.82, 2.24) is 15.5 Å². The van der Waals surface area contributed by atoms with Gasteiger partial charge < -0.3 is 10.6 Å². The van der Waals surface area contributed by atoms with Crippen molar-refractivity contribution < 1.29 is 9.59 Å². The molecule has 0 bridgehead atoms. The van der Waals surface area contributed by atoms with E-state index in [1.54, 1.807) is 6.08 Å². The highest BCUT2D eigenvalue weighted by atomic mass is 16.2. The topological polar surface area (TPSA) is 86.9 Å². The normalized spacial score (nSPS) is 10.6. The maximum atomic E-state index is 12.3. The molecule has 0 aliphatic rings. The number of nitrogens with zero attached hydrogens (tertiary/aromatic N) is 1. The van der Waals surface area contributed by atoms with Crippen molar-refractivity contribution in [2.45, 2.75) is 6.54 Å². The highest BCUT2D eigenvalue weighted by molar-refractivity contribution is 6.06. The van der Waals surface area contributed by atoms with Gasteiger partial charge in [-0.15, -0.1) is 0 Å². The molecule has 0 fully saturated rings. The summed E-state index contributed by atoms with van der Waals surface area (Å²) in [6, 6.07) is 19.0. The fourth-order valence-corrected chi connectivity index (χ4v) is 2.33. The molecule has 0 spiro atoms. The molecule has 0 radical (unpaired) electrons. The summed E-state index contributed by atoms with van der Waals surface area (Å²) in [4.78, 5) is 24.4. The Balaban J connectivity index is 1.60. The highest BCUT2D eigenvalue weighted by Crippen LogP contribution is 2.12. The lowest BCUT2D eigenvalue weighted by Crippen LogP contribution is -2.24. The van der Waals surface area contributed by atoms with E-state index in [-0.39, 0.29) is 17.5 Å². The van der Waals surface area contributed by atoms with Crippen LogP contribution < -0.4 is 10.6 Å². The van der Waals surface area contributed by atoms with Gasteiger partial charge in [-0.1, -0.05) is 60.7 Å². The smallest absolute Gasteiger partial charge is 0.271 e. The Bertz CT molecular complexity index is 902. The number of aromatic amines is 1. The average Bonchev–Trinajstić information content (AvgIpc) is 3.14. The molecule has 0 aliphatic heterocycles. The van der Waals surface area contributed by atoms with E-state index in [2.05, 4.69) is 20.8 Å². The maximum Gasteiger partial charge on any atom is 0.271 e. The summed E-state index contributed by atoms with van der Waals surface area (Å²) >= 11 is 0. The average molecular weight is 346 g/mol. The van der Waals surface area contributed by atoms with E-state index in [1.807, 2.05) is 60.7 Å². The minimum absolute atomic E-state index is 0.211. The third-order valence-corrected chi connectivity index (χ3v) is 3.65. The van der Waals surface area contributed by atoms with E-state index in [1.165, 1.54) is 12.3 Å². The van der Waals surface area contributed by atoms with Gasteiger partial charge in [-0.3, -0.25) is 14.7 Å². The van der Waals surface area contributed by atoms with Crippen molar-refractivity contribution in [3.05, 3.63) is 89.8 Å². The van der Waals surface area contributed by atoms with E-state index in [4.69, 9.17) is 0 Å². The molecule has 26 heavy (non-hydrogen) atoms. The molecule has 0 saturated carbocycles. The SMILES string of the molecule is O=C(/C=C/c1ccccc1)Nc1cn[nH]c1C(=O)NCc1ccccc1. The standard InChI is InChI=1S/C20H18N4O2/c25-18(12-11-15-7-3-1-4-8-15)23-17-14-22-24-19(17)20(26)21-13-16-9-5-2-6-10-16/h1-12,14H,13H2,(H,21,26)(H,22,24)(H,23,25)/b12-11+. The van der Waals surface area contributed by atoms with Gasteiger partial charge in [0, 0.05) is 12.6 Å². The van der Waals surface area contributed by atoms with Crippen LogP contribution >= 0.6 is 0 Å². The first-order valence-corrected chi connectivity index (χ1v) is 8.12. The van der Waals surface area contributed by atoms with Gasteiger partial charge in [0.2, 0.25) is 5.91 Å². The van der Waals surface area contributed by atoms with Gasteiger partial charge >= 0.3 is 0 Å². The number of hydrogen-bond donors (Lipinski definition) is 3. The molecule has 0 unspecified atom stereocenters. The molecule has 3 N–H and O–H groups in total. The predicted octanol–water partition coefficient (Wildman–Crippen LogP) is 2.99. The van der Waals surface area contributed by atoms with Crippen LogP contribution in [0.3, 0.4) is 0 Å². The van der Waals surface area contributed by atoms with Crippen LogP contribution in [0.25, 0.3) is 6.08 Å². The van der Waals surface area contributed by atoms with E-state index in [0.717, 1.165) is 11.1 Å². The molecule has 2 amide bonds. The van der Waals surface area contributed by atoms with Gasteiger partial charge in [-0.2, -0.15) is 5.10 Å². The number of rotatable bonds is 6. The fraction of sp³-hybridized carbons (Fsp3) is 0.0500. The largest absolute Gasteiger partial charge is 0.347 e. The second kappa shape index (κ2) is 8.43. The number of hydrogen-bond acceptors (Lipinski definition) is 3. The Kier molecular flexibility index (Phi) is 5.57. The first-order valence-electron chi connectivity index (χ1n) is 8.12. The van der Waals surface area contributed by atoms with Crippen LogP contribution in [0.4, 0.5) is 5.69 Å². The molecule has 0 saturated heterocycles. The number of benzene rings is 2. The van der Waals surface area contributed by atoms with Gasteiger partial charge in [-0.25, -0.2) is 0 Å². The zero-order valence-corrected chi connectivity index (χ0v) is 14.0. The summed E-state index contributed by atoms with van der Waals surface area (Å²) in [5.41, 5.74) is 2.44. The highest BCUT2D eigenvalue weighted by Gasteiger charge is 2.14. The van der Waals surface area contributed by atoms with E-state index >= 15 is 0 Å². The van der Waals surface area contributed by atoms with Crippen LogP contribution in [0.1, 0.15) is 21.6 Å². The van der Waals surface area contributed by atoms with Gasteiger partial charge in [0.05, 0.1) is 11.9 Å². The zero-order chi connectivity index (χ0) is 18.2. The summed E-state index contributed by atoms with van der Waals surface area (Å²) in [6.07, 6.45) is 4.52. The first-order chi connectivity index (χ1) is 12.7. The Morgan fingerprint density at radius 3 is 2.42 bits per heavy atom. The molecule has 0 atom stereocenters. The molecule has 0 aliphatic carbocycles. The third-order valence-electron chi connectivity index (χ3n) is 3.65. The quantitative estimate of drug-likeness (QED) is 0.600. The van der Waals surface area contributed by atoms with Gasteiger partial charge in [-0.05, 0) is 17.2 Å². The number of anilines is 1. The van der Waals surface area contributed by atoms with E-state index in [9.17, 15) is 9.59 Å². The maximum absolute atomic E-state index is 12.3. The van der Waals surface area contributed by atoms with Crippen molar-refractivity contribution >= 4 is 23.6 Å². The number of carbonyl (C=O) groups is 2. The molecular formula is C20H18N4O2. The number of aromatic nitrogens is 2. The van der Waals surface area contributed by atoms with Crippen LogP contribution in [0.15, 0.2) is 72.9 Å². The number of carbonyl (C=O) groups excluding carboxylic acids is 2. The first kappa shape index (κ1) is 17.2. The van der Waals surface area contributed by atoms with Gasteiger partial charge in [0.15, 0.2) is 0 Å². The zero-order valence-electron chi connectivity index (χ0n) is 14.0. The monoisotopic (exact) mass is 346 g/mol. The molecule has 6 nitrogen and oxygen atoms in total. The van der Waals surface area contributed by atoms with Crippen LogP contribution in [0.2, 0.25) is 0 Å². The third kappa shape index (κ3) is 4.67. The molecule has 3 rings (SSSR count). The summed E-state index contributed by atoms with van der Waals surface area (Å²) in [5.74, 6) is -0.680. The van der Waals surface area contributed by atoms with Crippen LogP contribution in [-0.4, -0.2) is 22.0 Å². The van der Waals surface area contributed by atoms with Crippen molar-refractivity contribution in [3.8, 4) is 0 Å². The van der Waals surface area contributed by atoms with Gasteiger partial charge in [0.1, 0.15) is 5.69 Å². The van der Waals surface area contributed by atoms with Crippen molar-refractivity contribution in [2.24, 2.45) is 0 Å². The molecule has 2 aromatic carbocycles. The second-order valence-electron chi connectivity index (χ2n) is 5.56. The summed E-state index contributed by atoms with van der Waals surface area (Å²) < 4.78 is 0. The van der Waals surface area contributed by atoms with Crippen LogP contribution in [0, 0.1) is 0 Å². The van der Waals surface area contributed by atoms with E-state index in [0.29, 0.717) is 12.2 Å². The molecule has 1 heterocycles. The molecule has 1 aromatic heterocycles. The lowest BCUT2D eigenvalue weighted by Gasteiger charge is -2.06. The predicted molar refractivity (Wildman–Crippen MR) is 100 cm³/mol. The molecule has 6 heteroatoms. The Labute approximate surface area is 151 Å². The van der Waals surface area contributed by atoms with Crippen LogP contribution in [-0.2, 0) is 11.3 Å². The summed E-state index contributed by atoms with van der Waals surface area (Å²) in [7, 11) is 0. The summed E-state index contributed by atoms with van der Waals surface area (Å²) in [5, 5.41) is 11.9. The number of nitrogens with one attached hydrogen (secondary N) is 3. The fourth-order valence-electron chi connectivity index (χ4n) is 2.33. The lowest BCUT2D eigenvalue weighted by molar-refractivity contribution is -0.111. The van der Waals surface area contributed by atoms with E-state index < -0.39 is 0 Å². The lowest BCUT2D eigenvalue weighted by atomic mass is 10.2. The Morgan fingerprint density at radius 1 is 1.00 bits per heavy atom. The Hall–Kier alpha value is -3.67. The number of amides is 2. The van der Waals surface area contributed by atoms with Crippen LogP contribution in [0.5, 0.6) is 0 Å². The second-order valence-corrected chi connectivity index (χ2v) is 5.56. The van der Waals surface area contributed by atoms with Gasteiger partial charge in [0.25, 0.3) is 5.91 Å². The summed E-state index contributed by atoms with van der Waals surface area (Å²) in [6.45, 7) is 0.389. The molecule has 130 valence electrons. The minimum Gasteiger partial charge on any atom is -0.347 e. The van der Waals surface area contributed by atoms with Crippen molar-refractivity contribution in [1.29, 1.82) is 0 Å².